The predicted octanol–water partition coefficient (Wildman–Crippen LogP) is 4.15. The maximum atomic E-state index is 13.1. The summed E-state index contributed by atoms with van der Waals surface area (Å²) in [5, 5.41) is 0.456. The first-order chi connectivity index (χ1) is 8.11. The molecule has 0 saturated heterocycles. The molecule has 0 saturated carbocycles. The van der Waals surface area contributed by atoms with Gasteiger partial charge in [0.1, 0.15) is 17.3 Å². The van der Waals surface area contributed by atoms with E-state index in [1.807, 2.05) is 6.92 Å². The Morgan fingerprint density at radius 1 is 1.35 bits per heavy atom. The standard InChI is InChI=1S/C13H13ClFNO/c1-2-11(16)13-6-5-12(17-13)9-7-8(15)3-4-10(9)14/h3-7,11H,2,16H2,1H3. The summed E-state index contributed by atoms with van der Waals surface area (Å²) >= 11 is 6.00. The molecule has 2 N–H and O–H groups in total. The van der Waals surface area contributed by atoms with Crippen LogP contribution in [0.2, 0.25) is 5.02 Å². The maximum absolute atomic E-state index is 13.1. The molecule has 0 fully saturated rings. The fraction of sp³-hybridized carbons (Fsp3) is 0.231. The lowest BCUT2D eigenvalue weighted by Crippen LogP contribution is -2.06. The second-order valence-corrected chi connectivity index (χ2v) is 4.25. The van der Waals surface area contributed by atoms with Crippen molar-refractivity contribution in [2.45, 2.75) is 19.4 Å². The molecule has 2 nitrogen and oxygen atoms in total. The summed E-state index contributed by atoms with van der Waals surface area (Å²) in [6.07, 6.45) is 0.782. The number of benzene rings is 1. The van der Waals surface area contributed by atoms with Gasteiger partial charge >= 0.3 is 0 Å². The molecule has 17 heavy (non-hydrogen) atoms. The lowest BCUT2D eigenvalue weighted by Gasteiger charge is -2.04. The molecule has 1 unspecified atom stereocenters. The van der Waals surface area contributed by atoms with Gasteiger partial charge in [-0.1, -0.05) is 18.5 Å². The largest absolute Gasteiger partial charge is 0.459 e. The molecule has 0 aliphatic rings. The first-order valence-corrected chi connectivity index (χ1v) is 5.80. The van der Waals surface area contributed by atoms with Crippen LogP contribution in [0.1, 0.15) is 25.1 Å². The fourth-order valence-electron chi connectivity index (χ4n) is 1.58. The second-order valence-electron chi connectivity index (χ2n) is 3.84. The summed E-state index contributed by atoms with van der Waals surface area (Å²) in [6, 6.07) is 7.58. The van der Waals surface area contributed by atoms with Crippen molar-refractivity contribution in [1.82, 2.24) is 0 Å². The van der Waals surface area contributed by atoms with Gasteiger partial charge in [-0.25, -0.2) is 4.39 Å². The van der Waals surface area contributed by atoms with Crippen LogP contribution >= 0.6 is 11.6 Å². The molecule has 4 heteroatoms. The Morgan fingerprint density at radius 3 is 2.82 bits per heavy atom. The van der Waals surface area contributed by atoms with Crippen molar-refractivity contribution < 1.29 is 8.81 Å². The normalized spacial score (nSPS) is 12.7. The highest BCUT2D eigenvalue weighted by molar-refractivity contribution is 6.33. The molecule has 1 aromatic heterocycles. The average molecular weight is 254 g/mol. The van der Waals surface area contributed by atoms with Crippen molar-refractivity contribution in [3.63, 3.8) is 0 Å². The fourth-order valence-corrected chi connectivity index (χ4v) is 1.80. The zero-order chi connectivity index (χ0) is 12.4. The quantitative estimate of drug-likeness (QED) is 0.893. The first-order valence-electron chi connectivity index (χ1n) is 5.42. The number of furan rings is 1. The molecule has 1 atom stereocenters. The van der Waals surface area contributed by atoms with Crippen LogP contribution in [0, 0.1) is 5.82 Å². The molecular formula is C13H13ClFNO. The van der Waals surface area contributed by atoms with E-state index in [-0.39, 0.29) is 11.9 Å². The van der Waals surface area contributed by atoms with Gasteiger partial charge in [0.25, 0.3) is 0 Å². The summed E-state index contributed by atoms with van der Waals surface area (Å²) < 4.78 is 18.7. The second kappa shape index (κ2) is 4.90. The van der Waals surface area contributed by atoms with Gasteiger partial charge in [-0.15, -0.1) is 0 Å². The molecule has 0 radical (unpaired) electrons. The molecule has 2 aromatic rings. The molecule has 0 amide bonds. The van der Waals surface area contributed by atoms with E-state index >= 15 is 0 Å². The summed E-state index contributed by atoms with van der Waals surface area (Å²) in [5.74, 6) is 0.873. The van der Waals surface area contributed by atoms with E-state index in [0.717, 1.165) is 6.42 Å². The van der Waals surface area contributed by atoms with E-state index in [1.165, 1.54) is 18.2 Å². The minimum Gasteiger partial charge on any atom is -0.459 e. The van der Waals surface area contributed by atoms with Crippen molar-refractivity contribution in [2.75, 3.05) is 0 Å². The van der Waals surface area contributed by atoms with E-state index in [0.29, 0.717) is 22.1 Å². The number of nitrogens with two attached hydrogens (primary N) is 1. The van der Waals surface area contributed by atoms with Gasteiger partial charge in [0, 0.05) is 5.56 Å². The van der Waals surface area contributed by atoms with Crippen molar-refractivity contribution in [2.24, 2.45) is 5.73 Å². The van der Waals surface area contributed by atoms with E-state index in [1.54, 1.807) is 12.1 Å². The molecule has 0 bridgehead atoms. The number of halogens is 2. The van der Waals surface area contributed by atoms with Gasteiger partial charge < -0.3 is 10.2 Å². The van der Waals surface area contributed by atoms with Crippen LogP contribution in [0.25, 0.3) is 11.3 Å². The van der Waals surface area contributed by atoms with Crippen molar-refractivity contribution in [3.8, 4) is 11.3 Å². The summed E-state index contributed by atoms with van der Waals surface area (Å²) in [4.78, 5) is 0. The van der Waals surface area contributed by atoms with Crippen molar-refractivity contribution in [3.05, 3.63) is 46.9 Å². The summed E-state index contributed by atoms with van der Waals surface area (Å²) in [6.45, 7) is 1.97. The Labute approximate surface area is 104 Å². The third-order valence-corrected chi connectivity index (χ3v) is 2.96. The van der Waals surface area contributed by atoms with Gasteiger partial charge in [0.15, 0.2) is 0 Å². The number of hydrogen-bond donors (Lipinski definition) is 1. The van der Waals surface area contributed by atoms with Crippen molar-refractivity contribution in [1.29, 1.82) is 0 Å². The van der Waals surface area contributed by atoms with Crippen LogP contribution in [0.15, 0.2) is 34.7 Å². The average Bonchev–Trinajstić information content (AvgIpc) is 2.80. The zero-order valence-corrected chi connectivity index (χ0v) is 10.2. The van der Waals surface area contributed by atoms with E-state index < -0.39 is 0 Å². The molecule has 90 valence electrons. The van der Waals surface area contributed by atoms with Gasteiger partial charge in [-0.05, 0) is 36.8 Å². The molecule has 1 aromatic carbocycles. The van der Waals surface area contributed by atoms with Crippen LogP contribution in [0.5, 0.6) is 0 Å². The first kappa shape index (κ1) is 12.1. The Hall–Kier alpha value is -1.32. The van der Waals surface area contributed by atoms with Crippen LogP contribution in [-0.2, 0) is 0 Å². The summed E-state index contributed by atoms with van der Waals surface area (Å²) in [5.41, 5.74) is 6.40. The minimum atomic E-state index is -0.345. The topological polar surface area (TPSA) is 39.2 Å². The molecule has 0 spiro atoms. The maximum Gasteiger partial charge on any atom is 0.135 e. The van der Waals surface area contributed by atoms with E-state index in [2.05, 4.69) is 0 Å². The van der Waals surface area contributed by atoms with Crippen molar-refractivity contribution >= 4 is 11.6 Å². The molecule has 1 heterocycles. The Morgan fingerprint density at radius 2 is 2.12 bits per heavy atom. The van der Waals surface area contributed by atoms with Gasteiger partial charge in [-0.2, -0.15) is 0 Å². The van der Waals surface area contributed by atoms with Crippen LogP contribution < -0.4 is 5.73 Å². The Kier molecular flexibility index (Phi) is 3.50. The molecule has 0 aliphatic carbocycles. The van der Waals surface area contributed by atoms with Crippen LogP contribution in [0.3, 0.4) is 0 Å². The Bertz CT molecular complexity index is 524. The smallest absolute Gasteiger partial charge is 0.135 e. The van der Waals surface area contributed by atoms with Gasteiger partial charge in [0.2, 0.25) is 0 Å². The van der Waals surface area contributed by atoms with Crippen LogP contribution in [-0.4, -0.2) is 0 Å². The highest BCUT2D eigenvalue weighted by Crippen LogP contribution is 2.31. The highest BCUT2D eigenvalue weighted by atomic mass is 35.5. The SMILES string of the molecule is CCC(N)c1ccc(-c2cc(F)ccc2Cl)o1. The highest BCUT2D eigenvalue weighted by Gasteiger charge is 2.12. The Balaban J connectivity index is 2.40. The monoisotopic (exact) mass is 253 g/mol. The predicted molar refractivity (Wildman–Crippen MR) is 66.3 cm³/mol. The zero-order valence-electron chi connectivity index (χ0n) is 9.41. The van der Waals surface area contributed by atoms with E-state index in [9.17, 15) is 4.39 Å². The number of rotatable bonds is 3. The van der Waals surface area contributed by atoms with Gasteiger partial charge in [-0.3, -0.25) is 0 Å². The summed E-state index contributed by atoms with van der Waals surface area (Å²) in [7, 11) is 0. The third-order valence-electron chi connectivity index (χ3n) is 2.63. The lowest BCUT2D eigenvalue weighted by atomic mass is 10.1. The minimum absolute atomic E-state index is 0.143. The number of hydrogen-bond acceptors (Lipinski definition) is 2. The molecule has 0 aliphatic heterocycles. The van der Waals surface area contributed by atoms with Gasteiger partial charge in [0.05, 0.1) is 11.1 Å². The third kappa shape index (κ3) is 2.51. The lowest BCUT2D eigenvalue weighted by molar-refractivity contribution is 0.470. The molecule has 2 rings (SSSR count). The molecular weight excluding hydrogens is 241 g/mol. The van der Waals surface area contributed by atoms with Crippen LogP contribution in [0.4, 0.5) is 4.39 Å². The van der Waals surface area contributed by atoms with E-state index in [4.69, 9.17) is 21.8 Å².